The second-order valence-electron chi connectivity index (χ2n) is 3.26. The van der Waals surface area contributed by atoms with Crippen LogP contribution in [0.5, 0.6) is 5.75 Å². The number of phenols is 1. The van der Waals surface area contributed by atoms with Crippen molar-refractivity contribution in [3.05, 3.63) is 29.8 Å². The maximum Gasteiger partial charge on any atom is 3.00 e. The SMILES string of the molecule is NC(Cc1ccc(O)cc1)C(=O)O.O=P([O-])([O-])[O-].[Cu+3]. The topological polar surface area (TPSA) is 170 Å². The average molecular weight is 340 g/mol. The van der Waals surface area contributed by atoms with Gasteiger partial charge in [0, 0.05) is 0 Å². The van der Waals surface area contributed by atoms with Crippen LogP contribution in [0.25, 0.3) is 0 Å². The third-order valence-corrected chi connectivity index (χ3v) is 1.71. The minimum Gasteiger partial charge on any atom is -0.822 e. The number of carboxylic acids is 1. The number of hydrogen-bond acceptors (Lipinski definition) is 7. The van der Waals surface area contributed by atoms with E-state index in [-0.39, 0.29) is 29.2 Å². The first-order valence-corrected chi connectivity index (χ1v) is 6.05. The van der Waals surface area contributed by atoms with Gasteiger partial charge in [-0.2, -0.15) is 7.82 Å². The van der Waals surface area contributed by atoms with Crippen molar-refractivity contribution in [3.8, 4) is 5.75 Å². The molecule has 0 aliphatic heterocycles. The van der Waals surface area contributed by atoms with Gasteiger partial charge in [0.1, 0.15) is 11.8 Å². The molecule has 4 N–H and O–H groups in total. The van der Waals surface area contributed by atoms with Crippen molar-refractivity contribution in [2.75, 3.05) is 0 Å². The molecule has 0 saturated carbocycles. The predicted molar refractivity (Wildman–Crippen MR) is 55.0 cm³/mol. The van der Waals surface area contributed by atoms with Crippen molar-refractivity contribution < 1.29 is 51.3 Å². The summed E-state index contributed by atoms with van der Waals surface area (Å²) in [7, 11) is -5.39. The van der Waals surface area contributed by atoms with Crippen molar-refractivity contribution in [2.45, 2.75) is 12.5 Å². The Morgan fingerprint density at radius 3 is 1.95 bits per heavy atom. The summed E-state index contributed by atoms with van der Waals surface area (Å²) in [6.45, 7) is 0. The van der Waals surface area contributed by atoms with Crippen molar-refractivity contribution >= 4 is 13.8 Å². The van der Waals surface area contributed by atoms with Crippen molar-refractivity contribution in [3.63, 3.8) is 0 Å². The molecule has 0 aliphatic rings. The van der Waals surface area contributed by atoms with Crippen LogP contribution < -0.4 is 20.4 Å². The summed E-state index contributed by atoms with van der Waals surface area (Å²) >= 11 is 0. The summed E-state index contributed by atoms with van der Waals surface area (Å²) in [6, 6.07) is 5.42. The van der Waals surface area contributed by atoms with Crippen LogP contribution in [0.2, 0.25) is 0 Å². The van der Waals surface area contributed by atoms with Gasteiger partial charge in [0.25, 0.3) is 0 Å². The Morgan fingerprint density at radius 2 is 1.63 bits per heavy atom. The van der Waals surface area contributed by atoms with Crippen LogP contribution in [0, 0.1) is 0 Å². The molecule has 10 heteroatoms. The van der Waals surface area contributed by atoms with E-state index in [1.807, 2.05) is 0 Å². The molecule has 0 bridgehead atoms. The molecule has 0 spiro atoms. The Hall–Kier alpha value is -0.921. The Labute approximate surface area is 119 Å². The Morgan fingerprint density at radius 1 is 1.26 bits per heavy atom. The summed E-state index contributed by atoms with van der Waals surface area (Å²) in [6.07, 6.45) is 0.273. The van der Waals surface area contributed by atoms with E-state index in [2.05, 4.69) is 0 Å². The average Bonchev–Trinajstić information content (AvgIpc) is 2.18. The van der Waals surface area contributed by atoms with Gasteiger partial charge in [-0.25, -0.2) is 0 Å². The quantitative estimate of drug-likeness (QED) is 0.401. The van der Waals surface area contributed by atoms with Crippen LogP contribution in [0.1, 0.15) is 5.56 Å². The third kappa shape index (κ3) is 13.3. The molecule has 0 heterocycles. The van der Waals surface area contributed by atoms with Crippen molar-refractivity contribution in [2.24, 2.45) is 5.73 Å². The number of carbonyl (C=O) groups is 1. The smallest absolute Gasteiger partial charge is 0.822 e. The largest absolute Gasteiger partial charge is 3.00 e. The second kappa shape index (κ2) is 9.06. The molecule has 0 radical (unpaired) electrons. The van der Waals surface area contributed by atoms with Crippen LogP contribution in [-0.4, -0.2) is 22.2 Å². The molecule has 0 aliphatic carbocycles. The van der Waals surface area contributed by atoms with E-state index in [9.17, 15) is 4.79 Å². The standard InChI is InChI=1S/C9H11NO3.Cu.H3O4P/c10-8(9(12)13)5-6-1-3-7(11)4-2-6;;1-5(2,3)4/h1-4,8,11H,5,10H2,(H,12,13);;(H3,1,2,3,4)/q;+3;/p-3. The van der Waals surface area contributed by atoms with Gasteiger partial charge < -0.3 is 35.2 Å². The van der Waals surface area contributed by atoms with Gasteiger partial charge in [-0.3, -0.25) is 4.79 Å². The Kier molecular flexibility index (Phi) is 9.72. The van der Waals surface area contributed by atoms with Gasteiger partial charge in [-0.05, 0) is 24.1 Å². The van der Waals surface area contributed by atoms with Crippen LogP contribution >= 0.6 is 7.82 Å². The molecule has 1 rings (SSSR count). The number of phosphoric acid groups is 1. The minimum atomic E-state index is -5.39. The van der Waals surface area contributed by atoms with Gasteiger partial charge in [0.05, 0.1) is 0 Å². The third-order valence-electron chi connectivity index (χ3n) is 1.71. The summed E-state index contributed by atoms with van der Waals surface area (Å²) in [4.78, 5) is 36.0. The number of aromatic hydroxyl groups is 1. The Balaban J connectivity index is 0. The zero-order chi connectivity index (χ0) is 14.3. The zero-order valence-electron chi connectivity index (χ0n) is 9.36. The molecule has 19 heavy (non-hydrogen) atoms. The maximum absolute atomic E-state index is 10.4. The summed E-state index contributed by atoms with van der Waals surface area (Å²) in [5.41, 5.74) is 6.12. The predicted octanol–water partition coefficient (Wildman–Crippen LogP) is -2.48. The molecule has 1 unspecified atom stereocenters. The molecular weight excluding hydrogens is 329 g/mol. The molecule has 1 aromatic carbocycles. The number of phenolic OH excluding ortho intramolecular Hbond substituents is 1. The second-order valence-corrected chi connectivity index (χ2v) is 4.16. The van der Waals surface area contributed by atoms with Crippen LogP contribution in [-0.2, 0) is 32.8 Å². The number of benzene rings is 1. The fraction of sp³-hybridized carbons (Fsp3) is 0.222. The molecule has 0 fully saturated rings. The van der Waals surface area contributed by atoms with Crippen LogP contribution in [0.4, 0.5) is 0 Å². The van der Waals surface area contributed by atoms with Crippen LogP contribution in [0.15, 0.2) is 24.3 Å². The molecular formula is C9H11CuNO7P. The van der Waals surface area contributed by atoms with Gasteiger partial charge in [-0.1, -0.05) is 12.1 Å². The van der Waals surface area contributed by atoms with Gasteiger partial charge in [0.2, 0.25) is 0 Å². The fourth-order valence-electron chi connectivity index (χ4n) is 0.973. The monoisotopic (exact) mass is 339 g/mol. The minimum absolute atomic E-state index is 0. The van der Waals surface area contributed by atoms with E-state index < -0.39 is 19.8 Å². The summed E-state index contributed by atoms with van der Waals surface area (Å²) in [5, 5.41) is 17.5. The van der Waals surface area contributed by atoms with E-state index >= 15 is 0 Å². The number of hydrogen-bond donors (Lipinski definition) is 3. The first-order chi connectivity index (χ1) is 8.09. The first-order valence-electron chi connectivity index (χ1n) is 4.59. The normalized spacial score (nSPS) is 11.6. The molecule has 0 amide bonds. The van der Waals surface area contributed by atoms with Crippen LogP contribution in [0.3, 0.4) is 0 Å². The molecule has 1 atom stereocenters. The number of rotatable bonds is 3. The first kappa shape index (κ1) is 20.4. The van der Waals surface area contributed by atoms with Gasteiger partial charge in [-0.15, -0.1) is 0 Å². The van der Waals surface area contributed by atoms with E-state index in [4.69, 9.17) is 35.2 Å². The number of nitrogens with two attached hydrogens (primary N) is 1. The van der Waals surface area contributed by atoms with E-state index in [0.29, 0.717) is 0 Å². The van der Waals surface area contributed by atoms with Gasteiger partial charge >= 0.3 is 23.0 Å². The fourth-order valence-corrected chi connectivity index (χ4v) is 0.973. The molecule has 8 nitrogen and oxygen atoms in total. The Bertz CT molecular complexity index is 424. The molecule has 0 aromatic heterocycles. The zero-order valence-corrected chi connectivity index (χ0v) is 11.2. The van der Waals surface area contributed by atoms with Crippen molar-refractivity contribution in [1.29, 1.82) is 0 Å². The molecule has 1 aromatic rings. The summed E-state index contributed by atoms with van der Waals surface area (Å²) < 4.78 is 8.55. The molecule has 110 valence electrons. The molecule has 0 saturated heterocycles. The maximum atomic E-state index is 10.4. The van der Waals surface area contributed by atoms with E-state index in [1.165, 1.54) is 12.1 Å². The number of carboxylic acid groups (broad SMARTS) is 1. The van der Waals surface area contributed by atoms with E-state index in [0.717, 1.165) is 5.56 Å². The van der Waals surface area contributed by atoms with Crippen molar-refractivity contribution in [1.82, 2.24) is 0 Å². The van der Waals surface area contributed by atoms with Gasteiger partial charge in [0.15, 0.2) is 0 Å². The van der Waals surface area contributed by atoms with E-state index in [1.54, 1.807) is 12.1 Å². The summed E-state index contributed by atoms with van der Waals surface area (Å²) in [5.74, 6) is -0.860. The number of aliphatic carboxylic acids is 1.